The van der Waals surface area contributed by atoms with Crippen molar-refractivity contribution in [2.75, 3.05) is 26.0 Å². The highest BCUT2D eigenvalue weighted by Crippen LogP contribution is 2.21. The fraction of sp³-hybridized carbons (Fsp3) is 0.368. The molecular formula is C19H24N4O2. The Morgan fingerprint density at radius 3 is 2.60 bits per heavy atom. The van der Waals surface area contributed by atoms with Crippen molar-refractivity contribution in [1.29, 1.82) is 0 Å². The summed E-state index contributed by atoms with van der Waals surface area (Å²) in [5, 5.41) is 6.32. The molecule has 2 N–H and O–H groups in total. The van der Waals surface area contributed by atoms with Crippen molar-refractivity contribution in [1.82, 2.24) is 14.8 Å². The molecule has 0 saturated heterocycles. The third-order valence-electron chi connectivity index (χ3n) is 4.54. The van der Waals surface area contributed by atoms with E-state index in [1.807, 2.05) is 36.4 Å². The molecule has 3 rings (SSSR count). The zero-order valence-electron chi connectivity index (χ0n) is 14.9. The first-order chi connectivity index (χ1) is 12.0. The second-order valence-electron chi connectivity index (χ2n) is 6.59. The first-order valence-electron chi connectivity index (χ1n) is 8.49. The summed E-state index contributed by atoms with van der Waals surface area (Å²) in [6, 6.07) is 11.5. The van der Waals surface area contributed by atoms with Gasteiger partial charge >= 0.3 is 0 Å². The quantitative estimate of drug-likeness (QED) is 0.895. The van der Waals surface area contributed by atoms with Gasteiger partial charge in [-0.3, -0.25) is 9.59 Å². The van der Waals surface area contributed by atoms with E-state index < -0.39 is 0 Å². The summed E-state index contributed by atoms with van der Waals surface area (Å²) in [7, 11) is 3.48. The molecule has 1 aromatic carbocycles. The molecule has 132 valence electrons. The summed E-state index contributed by atoms with van der Waals surface area (Å²) in [4.78, 5) is 25.9. The topological polar surface area (TPSA) is 66.4 Å². The molecule has 0 bridgehead atoms. The lowest BCUT2D eigenvalue weighted by atomic mass is 10.1. The molecule has 1 aliphatic heterocycles. The monoisotopic (exact) mass is 340 g/mol. The van der Waals surface area contributed by atoms with Crippen LogP contribution in [0.25, 0.3) is 0 Å². The van der Waals surface area contributed by atoms with E-state index in [0.29, 0.717) is 12.1 Å². The van der Waals surface area contributed by atoms with E-state index >= 15 is 0 Å². The highest BCUT2D eigenvalue weighted by molar-refractivity contribution is 6.03. The minimum absolute atomic E-state index is 0.0549. The number of anilines is 1. The van der Waals surface area contributed by atoms with Crippen LogP contribution in [0.2, 0.25) is 0 Å². The molecule has 0 aliphatic carbocycles. The standard InChI is InChI=1S/C19H24N4O2/c1-13-16-8-9-17(23(16)11-10-20-13)19(25)21-15-6-4-14(5-7-15)12-18(24)22(2)3/h4-9,13,20H,10-12H2,1-3H3,(H,21,25). The molecule has 1 atom stereocenters. The van der Waals surface area contributed by atoms with Gasteiger partial charge in [-0.2, -0.15) is 0 Å². The van der Waals surface area contributed by atoms with Gasteiger partial charge in [-0.25, -0.2) is 0 Å². The Morgan fingerprint density at radius 2 is 1.92 bits per heavy atom. The van der Waals surface area contributed by atoms with Gasteiger partial charge in [-0.05, 0) is 36.8 Å². The van der Waals surface area contributed by atoms with Crippen LogP contribution in [-0.2, 0) is 17.8 Å². The van der Waals surface area contributed by atoms with Gasteiger partial charge in [0.25, 0.3) is 5.91 Å². The number of likely N-dealkylation sites (N-methyl/N-ethyl adjacent to an activating group) is 1. The third-order valence-corrected chi connectivity index (χ3v) is 4.54. The van der Waals surface area contributed by atoms with Crippen LogP contribution in [0.15, 0.2) is 36.4 Å². The van der Waals surface area contributed by atoms with Gasteiger partial charge in [-0.15, -0.1) is 0 Å². The Kier molecular flexibility index (Phi) is 4.90. The second-order valence-corrected chi connectivity index (χ2v) is 6.59. The van der Waals surface area contributed by atoms with Crippen molar-refractivity contribution >= 4 is 17.5 Å². The summed E-state index contributed by atoms with van der Waals surface area (Å²) in [6.07, 6.45) is 0.359. The Hall–Kier alpha value is -2.60. The molecular weight excluding hydrogens is 316 g/mol. The number of amides is 2. The number of carbonyl (C=O) groups excluding carboxylic acids is 2. The minimum atomic E-state index is -0.113. The molecule has 25 heavy (non-hydrogen) atoms. The van der Waals surface area contributed by atoms with E-state index in [9.17, 15) is 9.59 Å². The van der Waals surface area contributed by atoms with E-state index in [0.717, 1.165) is 30.0 Å². The first-order valence-corrected chi connectivity index (χ1v) is 8.49. The number of nitrogens with one attached hydrogen (secondary N) is 2. The summed E-state index contributed by atoms with van der Waals surface area (Å²) in [5.74, 6) is -0.0585. The average molecular weight is 340 g/mol. The van der Waals surface area contributed by atoms with Crippen LogP contribution in [-0.4, -0.2) is 41.9 Å². The van der Waals surface area contributed by atoms with Crippen molar-refractivity contribution in [3.63, 3.8) is 0 Å². The highest BCUT2D eigenvalue weighted by Gasteiger charge is 2.21. The fourth-order valence-corrected chi connectivity index (χ4v) is 3.04. The molecule has 0 radical (unpaired) electrons. The molecule has 2 amide bonds. The van der Waals surface area contributed by atoms with Crippen LogP contribution in [0.5, 0.6) is 0 Å². The lowest BCUT2D eigenvalue weighted by Gasteiger charge is -2.24. The first kappa shape index (κ1) is 17.2. The SMILES string of the molecule is CC1NCCn2c(C(=O)Nc3ccc(CC(=O)N(C)C)cc3)ccc21. The zero-order chi connectivity index (χ0) is 18.0. The zero-order valence-corrected chi connectivity index (χ0v) is 14.9. The third kappa shape index (κ3) is 3.74. The number of carbonyl (C=O) groups is 2. The van der Waals surface area contributed by atoms with Crippen LogP contribution in [0, 0.1) is 0 Å². The van der Waals surface area contributed by atoms with E-state index in [1.54, 1.807) is 19.0 Å². The smallest absolute Gasteiger partial charge is 0.272 e. The Bertz CT molecular complexity index is 777. The summed E-state index contributed by atoms with van der Waals surface area (Å²) < 4.78 is 2.07. The van der Waals surface area contributed by atoms with Gasteiger partial charge in [0.1, 0.15) is 5.69 Å². The molecule has 2 heterocycles. The maximum absolute atomic E-state index is 12.6. The van der Waals surface area contributed by atoms with Crippen LogP contribution < -0.4 is 10.6 Å². The predicted octanol–water partition coefficient (Wildman–Crippen LogP) is 2.04. The Labute approximate surface area is 147 Å². The van der Waals surface area contributed by atoms with Gasteiger partial charge < -0.3 is 20.1 Å². The van der Waals surface area contributed by atoms with E-state index in [-0.39, 0.29) is 17.9 Å². The van der Waals surface area contributed by atoms with E-state index in [1.165, 1.54) is 0 Å². The number of hydrogen-bond donors (Lipinski definition) is 2. The normalized spacial score (nSPS) is 16.2. The Balaban J connectivity index is 1.68. The van der Waals surface area contributed by atoms with Crippen LogP contribution in [0.3, 0.4) is 0 Å². The lowest BCUT2D eigenvalue weighted by molar-refractivity contribution is -0.127. The minimum Gasteiger partial charge on any atom is -0.349 e. The van der Waals surface area contributed by atoms with Gasteiger partial charge in [0, 0.05) is 44.6 Å². The molecule has 2 aromatic rings. The van der Waals surface area contributed by atoms with Gasteiger partial charge in [-0.1, -0.05) is 12.1 Å². The molecule has 0 fully saturated rings. The fourth-order valence-electron chi connectivity index (χ4n) is 3.04. The maximum Gasteiger partial charge on any atom is 0.272 e. The van der Waals surface area contributed by atoms with Crippen molar-refractivity contribution in [3.8, 4) is 0 Å². The lowest BCUT2D eigenvalue weighted by Crippen LogP contribution is -2.33. The van der Waals surface area contributed by atoms with Crippen LogP contribution >= 0.6 is 0 Å². The highest BCUT2D eigenvalue weighted by atomic mass is 16.2. The molecule has 0 spiro atoms. The molecule has 1 aliphatic rings. The number of aromatic nitrogens is 1. The number of fused-ring (bicyclic) bond motifs is 1. The van der Waals surface area contributed by atoms with Gasteiger partial charge in [0.15, 0.2) is 0 Å². The number of nitrogens with zero attached hydrogens (tertiary/aromatic N) is 2. The number of benzene rings is 1. The summed E-state index contributed by atoms with van der Waals surface area (Å²) in [6.45, 7) is 3.75. The largest absolute Gasteiger partial charge is 0.349 e. The van der Waals surface area contributed by atoms with Crippen LogP contribution in [0.1, 0.15) is 34.7 Å². The molecule has 6 heteroatoms. The number of hydrogen-bond acceptors (Lipinski definition) is 3. The second kappa shape index (κ2) is 7.11. The molecule has 0 saturated carbocycles. The molecule has 1 unspecified atom stereocenters. The van der Waals surface area contributed by atoms with Crippen molar-refractivity contribution in [2.24, 2.45) is 0 Å². The van der Waals surface area contributed by atoms with Gasteiger partial charge in [0.05, 0.1) is 6.42 Å². The summed E-state index contributed by atoms with van der Waals surface area (Å²) in [5.41, 5.74) is 3.46. The van der Waals surface area contributed by atoms with Crippen molar-refractivity contribution in [2.45, 2.75) is 25.9 Å². The van der Waals surface area contributed by atoms with E-state index in [2.05, 4.69) is 22.1 Å². The summed E-state index contributed by atoms with van der Waals surface area (Å²) >= 11 is 0. The Morgan fingerprint density at radius 1 is 1.20 bits per heavy atom. The van der Waals surface area contributed by atoms with Gasteiger partial charge in [0.2, 0.25) is 5.91 Å². The predicted molar refractivity (Wildman–Crippen MR) is 97.6 cm³/mol. The van der Waals surface area contributed by atoms with Crippen molar-refractivity contribution in [3.05, 3.63) is 53.3 Å². The number of rotatable bonds is 4. The van der Waals surface area contributed by atoms with E-state index in [4.69, 9.17) is 0 Å². The van der Waals surface area contributed by atoms with Crippen LogP contribution in [0.4, 0.5) is 5.69 Å². The molecule has 6 nitrogen and oxygen atoms in total. The van der Waals surface area contributed by atoms with Crippen molar-refractivity contribution < 1.29 is 9.59 Å². The average Bonchev–Trinajstić information content (AvgIpc) is 3.02. The maximum atomic E-state index is 12.6. The molecule has 1 aromatic heterocycles.